The average molecular weight is 379 g/mol. The summed E-state index contributed by atoms with van der Waals surface area (Å²) in [6.07, 6.45) is 8.84. The number of benzene rings is 1. The predicted octanol–water partition coefficient (Wildman–Crippen LogP) is 3.55. The van der Waals surface area contributed by atoms with Crippen molar-refractivity contribution in [2.45, 2.75) is 57.5 Å². The molecule has 1 aromatic carbocycles. The van der Waals surface area contributed by atoms with Crippen LogP contribution < -0.4 is 0 Å². The van der Waals surface area contributed by atoms with E-state index in [2.05, 4.69) is 51.0 Å². The molecule has 0 spiro atoms. The van der Waals surface area contributed by atoms with Crippen molar-refractivity contribution in [3.05, 3.63) is 59.7 Å². The summed E-state index contributed by atoms with van der Waals surface area (Å²) in [5.41, 5.74) is 3.61. The van der Waals surface area contributed by atoms with E-state index in [4.69, 9.17) is 0 Å². The second-order valence-corrected chi connectivity index (χ2v) is 8.16. The molecule has 2 fully saturated rings. The second kappa shape index (κ2) is 8.82. The van der Waals surface area contributed by atoms with Crippen molar-refractivity contribution in [3.63, 3.8) is 0 Å². The van der Waals surface area contributed by atoms with Crippen molar-refractivity contribution in [2.24, 2.45) is 0 Å². The van der Waals surface area contributed by atoms with Crippen molar-refractivity contribution in [2.75, 3.05) is 19.6 Å². The third-order valence-corrected chi connectivity index (χ3v) is 6.26. The van der Waals surface area contributed by atoms with Gasteiger partial charge in [-0.1, -0.05) is 36.8 Å². The van der Waals surface area contributed by atoms with Crippen LogP contribution in [0.15, 0.2) is 42.9 Å². The number of piperidine rings is 2. The Bertz CT molecular complexity index is 786. The van der Waals surface area contributed by atoms with E-state index in [0.29, 0.717) is 11.8 Å². The molecule has 2 aliphatic rings. The number of hydrogen-bond donors (Lipinski definition) is 0. The molecule has 2 aliphatic heterocycles. The Balaban J connectivity index is 1.39. The molecule has 4 rings (SSSR count). The van der Waals surface area contributed by atoms with Gasteiger partial charge in [0.05, 0.1) is 6.04 Å². The van der Waals surface area contributed by atoms with Gasteiger partial charge in [0.15, 0.2) is 0 Å². The van der Waals surface area contributed by atoms with Gasteiger partial charge in [0.2, 0.25) is 5.91 Å². The van der Waals surface area contributed by atoms with E-state index in [1.165, 1.54) is 12.0 Å². The first-order chi connectivity index (χ1) is 13.7. The summed E-state index contributed by atoms with van der Waals surface area (Å²) in [6.45, 7) is 5.64. The topological polar surface area (TPSA) is 49.3 Å². The lowest BCUT2D eigenvalue weighted by atomic mass is 9.90. The zero-order chi connectivity index (χ0) is 19.3. The van der Waals surface area contributed by atoms with E-state index in [-0.39, 0.29) is 6.04 Å². The van der Waals surface area contributed by atoms with E-state index >= 15 is 0 Å². The van der Waals surface area contributed by atoms with E-state index in [0.717, 1.165) is 63.1 Å². The fourth-order valence-corrected chi connectivity index (χ4v) is 4.70. The molecular weight excluding hydrogens is 348 g/mol. The summed E-state index contributed by atoms with van der Waals surface area (Å²) in [6, 6.07) is 10.6. The first-order valence-corrected chi connectivity index (χ1v) is 10.6. The number of amides is 1. The summed E-state index contributed by atoms with van der Waals surface area (Å²) in [5.74, 6) is 0.771. The lowest BCUT2D eigenvalue weighted by Crippen LogP contribution is -2.52. The van der Waals surface area contributed by atoms with Crippen molar-refractivity contribution in [3.8, 4) is 0 Å². The number of likely N-dealkylation sites (tertiary alicyclic amines) is 2. The molecule has 0 saturated carbocycles. The van der Waals surface area contributed by atoms with Gasteiger partial charge in [-0.2, -0.15) is 0 Å². The Morgan fingerprint density at radius 2 is 1.86 bits per heavy atom. The van der Waals surface area contributed by atoms with Gasteiger partial charge in [-0.25, -0.2) is 9.97 Å². The molecule has 1 atom stereocenters. The first-order valence-electron chi connectivity index (χ1n) is 10.6. The maximum atomic E-state index is 13.3. The number of carbonyl (C=O) groups excluding carboxylic acids is 1. The largest absolute Gasteiger partial charge is 0.341 e. The highest BCUT2D eigenvalue weighted by molar-refractivity contribution is 5.82. The average Bonchev–Trinajstić information content (AvgIpc) is 2.75. The first kappa shape index (κ1) is 19.1. The number of aryl methyl sites for hydroxylation is 1. The summed E-state index contributed by atoms with van der Waals surface area (Å²) < 4.78 is 0. The van der Waals surface area contributed by atoms with Gasteiger partial charge in [-0.15, -0.1) is 0 Å². The van der Waals surface area contributed by atoms with Gasteiger partial charge < -0.3 is 4.90 Å². The number of carbonyl (C=O) groups is 1. The monoisotopic (exact) mass is 378 g/mol. The van der Waals surface area contributed by atoms with Crippen LogP contribution in [0, 0.1) is 6.92 Å². The fourth-order valence-electron chi connectivity index (χ4n) is 4.70. The molecule has 3 heterocycles. The Hall–Kier alpha value is -2.27. The Morgan fingerprint density at radius 1 is 1.07 bits per heavy atom. The van der Waals surface area contributed by atoms with E-state index < -0.39 is 0 Å². The van der Waals surface area contributed by atoms with Crippen LogP contribution in [0.1, 0.15) is 54.8 Å². The SMILES string of the molecule is Cc1cncnc1C1CCN(C(=O)[C@@H]2CCCCN2Cc2ccccc2)CC1. The standard InChI is InChI=1S/C23H30N4O/c1-18-15-24-17-25-22(18)20-10-13-26(14-11-20)23(28)21-9-5-6-12-27(21)16-19-7-3-2-4-8-19/h2-4,7-8,15,17,20-21H,5-6,9-14,16H2,1H3/t21-/m0/s1. The quantitative estimate of drug-likeness (QED) is 0.816. The molecular formula is C23H30N4O. The molecule has 0 radical (unpaired) electrons. The highest BCUT2D eigenvalue weighted by atomic mass is 16.2. The van der Waals surface area contributed by atoms with Crippen LogP contribution in [0.4, 0.5) is 0 Å². The molecule has 0 aliphatic carbocycles. The number of rotatable bonds is 4. The molecule has 5 nitrogen and oxygen atoms in total. The third kappa shape index (κ3) is 4.25. The van der Waals surface area contributed by atoms with Gasteiger partial charge in [-0.05, 0) is 50.3 Å². The lowest BCUT2D eigenvalue weighted by Gasteiger charge is -2.40. The highest BCUT2D eigenvalue weighted by Gasteiger charge is 2.34. The minimum Gasteiger partial charge on any atom is -0.341 e. The smallest absolute Gasteiger partial charge is 0.239 e. The van der Waals surface area contributed by atoms with Gasteiger partial charge in [0.25, 0.3) is 0 Å². The molecule has 5 heteroatoms. The maximum absolute atomic E-state index is 13.3. The van der Waals surface area contributed by atoms with Crippen LogP contribution in [0.2, 0.25) is 0 Å². The Kier molecular flexibility index (Phi) is 6.01. The van der Waals surface area contributed by atoms with E-state index in [1.54, 1.807) is 6.33 Å². The van der Waals surface area contributed by atoms with Gasteiger partial charge >= 0.3 is 0 Å². The van der Waals surface area contributed by atoms with Crippen molar-refractivity contribution < 1.29 is 4.79 Å². The van der Waals surface area contributed by atoms with Crippen LogP contribution >= 0.6 is 0 Å². The minimum atomic E-state index is 0.0336. The van der Waals surface area contributed by atoms with Gasteiger partial charge in [-0.3, -0.25) is 9.69 Å². The molecule has 148 valence electrons. The molecule has 0 unspecified atom stereocenters. The van der Waals surface area contributed by atoms with Crippen LogP contribution in [0.5, 0.6) is 0 Å². The van der Waals surface area contributed by atoms with Gasteiger partial charge in [0, 0.05) is 37.4 Å². The van der Waals surface area contributed by atoms with Crippen molar-refractivity contribution >= 4 is 5.91 Å². The van der Waals surface area contributed by atoms with Gasteiger partial charge in [0.1, 0.15) is 6.33 Å². The van der Waals surface area contributed by atoms with Crippen molar-refractivity contribution in [1.29, 1.82) is 0 Å². The molecule has 0 bridgehead atoms. The molecule has 1 aromatic heterocycles. The van der Waals surface area contributed by atoms with E-state index in [9.17, 15) is 4.79 Å². The van der Waals surface area contributed by atoms with Crippen LogP contribution in [-0.4, -0.2) is 51.4 Å². The van der Waals surface area contributed by atoms with Crippen LogP contribution in [0.25, 0.3) is 0 Å². The lowest BCUT2D eigenvalue weighted by molar-refractivity contribution is -0.139. The molecule has 1 amide bonds. The molecule has 2 saturated heterocycles. The molecule has 0 N–H and O–H groups in total. The summed E-state index contributed by atoms with van der Waals surface area (Å²) >= 11 is 0. The second-order valence-electron chi connectivity index (χ2n) is 8.16. The van der Waals surface area contributed by atoms with Crippen molar-refractivity contribution in [1.82, 2.24) is 19.8 Å². The number of aromatic nitrogens is 2. The minimum absolute atomic E-state index is 0.0336. The predicted molar refractivity (Wildman–Crippen MR) is 110 cm³/mol. The Morgan fingerprint density at radius 3 is 2.61 bits per heavy atom. The molecule has 2 aromatic rings. The number of hydrogen-bond acceptors (Lipinski definition) is 4. The molecule has 28 heavy (non-hydrogen) atoms. The highest BCUT2D eigenvalue weighted by Crippen LogP contribution is 2.30. The van der Waals surface area contributed by atoms with Crippen LogP contribution in [0.3, 0.4) is 0 Å². The van der Waals surface area contributed by atoms with E-state index in [1.807, 2.05) is 12.3 Å². The normalized spacial score (nSPS) is 21.6. The maximum Gasteiger partial charge on any atom is 0.239 e. The summed E-state index contributed by atoms with van der Waals surface area (Å²) in [7, 11) is 0. The Labute approximate surface area is 167 Å². The fraction of sp³-hybridized carbons (Fsp3) is 0.522. The zero-order valence-electron chi connectivity index (χ0n) is 16.8. The van der Waals surface area contributed by atoms with Crippen LogP contribution in [-0.2, 0) is 11.3 Å². The third-order valence-electron chi connectivity index (χ3n) is 6.26. The zero-order valence-corrected chi connectivity index (χ0v) is 16.8. The summed E-state index contributed by atoms with van der Waals surface area (Å²) in [4.78, 5) is 26.4. The number of nitrogens with zero attached hydrogens (tertiary/aromatic N) is 4. The summed E-state index contributed by atoms with van der Waals surface area (Å²) in [5, 5.41) is 0.